The summed E-state index contributed by atoms with van der Waals surface area (Å²) in [4.78, 5) is 1.97. The SMILES string of the molecule is Oc1nonc1N1CCSCC1. The van der Waals surface area contributed by atoms with Crippen molar-refractivity contribution >= 4 is 17.6 Å². The molecule has 0 spiro atoms. The van der Waals surface area contributed by atoms with Crippen LogP contribution in [-0.4, -0.2) is 40.0 Å². The minimum Gasteiger partial charge on any atom is -0.488 e. The van der Waals surface area contributed by atoms with Crippen molar-refractivity contribution in [2.45, 2.75) is 0 Å². The standard InChI is InChI=1S/C6H9N3O2S/c10-6-5(7-11-8-6)9-1-3-12-4-2-9/h1-4H2,(H,8,10). The molecule has 0 aliphatic carbocycles. The molecule has 0 radical (unpaired) electrons. The number of anilines is 1. The molecular weight excluding hydrogens is 178 g/mol. The monoisotopic (exact) mass is 187 g/mol. The lowest BCUT2D eigenvalue weighted by molar-refractivity contribution is 0.287. The Kier molecular flexibility index (Phi) is 2.07. The number of thioether (sulfide) groups is 1. The highest BCUT2D eigenvalue weighted by atomic mass is 32.2. The number of aromatic hydroxyl groups is 1. The third-order valence-corrected chi connectivity index (χ3v) is 2.71. The predicted octanol–water partition coefficient (Wildman–Crippen LogP) is 0.328. The smallest absolute Gasteiger partial charge is 0.298 e. The Hall–Kier alpha value is -0.910. The van der Waals surface area contributed by atoms with Crippen LogP contribution in [0.5, 0.6) is 5.88 Å². The first kappa shape index (κ1) is 7.72. The van der Waals surface area contributed by atoms with Crippen molar-refractivity contribution < 1.29 is 9.74 Å². The maximum atomic E-state index is 9.19. The first-order chi connectivity index (χ1) is 5.88. The van der Waals surface area contributed by atoms with Crippen molar-refractivity contribution in [2.75, 3.05) is 29.5 Å². The van der Waals surface area contributed by atoms with E-state index in [0.29, 0.717) is 5.82 Å². The minimum absolute atomic E-state index is 0.109. The number of hydrogen-bond donors (Lipinski definition) is 1. The van der Waals surface area contributed by atoms with Gasteiger partial charge in [0.15, 0.2) is 0 Å². The van der Waals surface area contributed by atoms with Crippen LogP contribution >= 0.6 is 11.8 Å². The maximum Gasteiger partial charge on any atom is 0.298 e. The lowest BCUT2D eigenvalue weighted by Gasteiger charge is -2.24. The second kappa shape index (κ2) is 3.22. The lowest BCUT2D eigenvalue weighted by atomic mass is 10.5. The molecule has 1 aliphatic rings. The summed E-state index contributed by atoms with van der Waals surface area (Å²) in [5.74, 6) is 2.48. The second-order valence-corrected chi connectivity index (χ2v) is 3.74. The van der Waals surface area contributed by atoms with E-state index in [2.05, 4.69) is 14.9 Å². The number of nitrogens with zero attached hydrogens (tertiary/aromatic N) is 3. The van der Waals surface area contributed by atoms with Crippen molar-refractivity contribution in [2.24, 2.45) is 0 Å². The summed E-state index contributed by atoms with van der Waals surface area (Å²) in [6.45, 7) is 1.79. The highest BCUT2D eigenvalue weighted by Gasteiger charge is 2.18. The molecule has 0 saturated carbocycles. The van der Waals surface area contributed by atoms with Crippen molar-refractivity contribution in [3.05, 3.63) is 0 Å². The molecule has 66 valence electrons. The topological polar surface area (TPSA) is 62.4 Å². The molecule has 1 saturated heterocycles. The average molecular weight is 187 g/mol. The van der Waals surface area contributed by atoms with Gasteiger partial charge in [0.25, 0.3) is 5.88 Å². The van der Waals surface area contributed by atoms with E-state index >= 15 is 0 Å². The van der Waals surface area contributed by atoms with Gasteiger partial charge in [-0.3, -0.25) is 0 Å². The first-order valence-corrected chi connectivity index (χ1v) is 4.87. The van der Waals surface area contributed by atoms with Crippen LogP contribution in [0.25, 0.3) is 0 Å². The van der Waals surface area contributed by atoms with E-state index in [1.807, 2.05) is 16.7 Å². The summed E-state index contributed by atoms with van der Waals surface area (Å²) in [6, 6.07) is 0. The van der Waals surface area contributed by atoms with Crippen molar-refractivity contribution in [1.29, 1.82) is 0 Å². The van der Waals surface area contributed by atoms with Gasteiger partial charge in [0.05, 0.1) is 0 Å². The number of hydrogen-bond acceptors (Lipinski definition) is 6. The third kappa shape index (κ3) is 1.34. The van der Waals surface area contributed by atoms with Crippen molar-refractivity contribution in [1.82, 2.24) is 10.3 Å². The second-order valence-electron chi connectivity index (χ2n) is 2.51. The summed E-state index contributed by atoms with van der Waals surface area (Å²) >= 11 is 1.90. The Balaban J connectivity index is 2.13. The van der Waals surface area contributed by atoms with Gasteiger partial charge in [-0.05, 0) is 10.3 Å². The van der Waals surface area contributed by atoms with E-state index in [1.165, 1.54) is 0 Å². The molecule has 1 aromatic heterocycles. The summed E-state index contributed by atoms with van der Waals surface area (Å²) in [6.07, 6.45) is 0. The van der Waals surface area contributed by atoms with Gasteiger partial charge in [-0.1, -0.05) is 0 Å². The molecule has 5 nitrogen and oxygen atoms in total. The van der Waals surface area contributed by atoms with Crippen LogP contribution in [-0.2, 0) is 0 Å². The van der Waals surface area contributed by atoms with Gasteiger partial charge in [0.1, 0.15) is 0 Å². The Morgan fingerprint density at radius 2 is 2.08 bits per heavy atom. The maximum absolute atomic E-state index is 9.19. The molecule has 1 aromatic rings. The van der Waals surface area contributed by atoms with E-state index in [1.54, 1.807) is 0 Å². The van der Waals surface area contributed by atoms with Crippen LogP contribution in [0.1, 0.15) is 0 Å². The van der Waals surface area contributed by atoms with Crippen molar-refractivity contribution in [3.63, 3.8) is 0 Å². The molecule has 0 bridgehead atoms. The molecular formula is C6H9N3O2S. The molecule has 1 aliphatic heterocycles. The molecule has 0 aromatic carbocycles. The van der Waals surface area contributed by atoms with E-state index in [0.717, 1.165) is 24.6 Å². The lowest BCUT2D eigenvalue weighted by Crippen LogP contribution is -2.32. The fraction of sp³-hybridized carbons (Fsp3) is 0.667. The highest BCUT2D eigenvalue weighted by Crippen LogP contribution is 2.24. The summed E-state index contributed by atoms with van der Waals surface area (Å²) in [7, 11) is 0. The van der Waals surface area contributed by atoms with Gasteiger partial charge in [0.2, 0.25) is 5.82 Å². The third-order valence-electron chi connectivity index (χ3n) is 1.77. The van der Waals surface area contributed by atoms with Gasteiger partial charge in [-0.2, -0.15) is 11.8 Å². The van der Waals surface area contributed by atoms with Crippen LogP contribution < -0.4 is 4.90 Å². The zero-order valence-corrected chi connectivity index (χ0v) is 7.25. The van der Waals surface area contributed by atoms with Gasteiger partial charge in [-0.25, -0.2) is 4.63 Å². The number of aromatic nitrogens is 2. The Morgan fingerprint density at radius 1 is 1.33 bits per heavy atom. The zero-order valence-electron chi connectivity index (χ0n) is 6.43. The highest BCUT2D eigenvalue weighted by molar-refractivity contribution is 7.99. The first-order valence-electron chi connectivity index (χ1n) is 3.72. The quantitative estimate of drug-likeness (QED) is 0.683. The summed E-state index contributed by atoms with van der Waals surface area (Å²) in [5.41, 5.74) is 0. The molecule has 0 unspecified atom stereocenters. The zero-order chi connectivity index (χ0) is 8.39. The predicted molar refractivity (Wildman–Crippen MR) is 45.5 cm³/mol. The molecule has 1 N–H and O–H groups in total. The Labute approximate surface area is 73.7 Å². The average Bonchev–Trinajstić information content (AvgIpc) is 2.53. The molecule has 0 atom stereocenters. The van der Waals surface area contributed by atoms with E-state index in [-0.39, 0.29) is 5.88 Å². The van der Waals surface area contributed by atoms with Gasteiger partial charge >= 0.3 is 0 Å². The molecule has 2 rings (SSSR count). The van der Waals surface area contributed by atoms with Crippen LogP contribution in [0.4, 0.5) is 5.82 Å². The van der Waals surface area contributed by atoms with E-state index < -0.39 is 0 Å². The fourth-order valence-electron chi connectivity index (χ4n) is 1.15. The Morgan fingerprint density at radius 3 is 2.67 bits per heavy atom. The molecule has 12 heavy (non-hydrogen) atoms. The van der Waals surface area contributed by atoms with Crippen molar-refractivity contribution in [3.8, 4) is 5.88 Å². The Bertz CT molecular complexity index is 259. The molecule has 1 fully saturated rings. The molecule has 6 heteroatoms. The molecule has 2 heterocycles. The van der Waals surface area contributed by atoms with Gasteiger partial charge in [-0.15, -0.1) is 0 Å². The minimum atomic E-state index is -0.109. The summed E-state index contributed by atoms with van der Waals surface area (Å²) < 4.78 is 4.40. The summed E-state index contributed by atoms with van der Waals surface area (Å²) in [5, 5.41) is 16.1. The van der Waals surface area contributed by atoms with Crippen LogP contribution in [0.2, 0.25) is 0 Å². The fourth-order valence-corrected chi connectivity index (χ4v) is 2.06. The normalized spacial score (nSPS) is 18.2. The van der Waals surface area contributed by atoms with E-state index in [9.17, 15) is 5.11 Å². The van der Waals surface area contributed by atoms with E-state index in [4.69, 9.17) is 0 Å². The van der Waals surface area contributed by atoms with Gasteiger partial charge < -0.3 is 10.0 Å². The van der Waals surface area contributed by atoms with Crippen LogP contribution in [0.3, 0.4) is 0 Å². The number of rotatable bonds is 1. The van der Waals surface area contributed by atoms with Gasteiger partial charge in [0, 0.05) is 24.6 Å². The van der Waals surface area contributed by atoms with Crippen LogP contribution in [0, 0.1) is 0 Å². The molecule has 0 amide bonds. The largest absolute Gasteiger partial charge is 0.488 e. The van der Waals surface area contributed by atoms with Crippen LogP contribution in [0.15, 0.2) is 4.63 Å².